The third-order valence-electron chi connectivity index (χ3n) is 8.18. The van der Waals surface area contributed by atoms with Gasteiger partial charge in [0.15, 0.2) is 22.8 Å². The van der Waals surface area contributed by atoms with E-state index in [9.17, 15) is 19.8 Å². The predicted molar refractivity (Wildman–Crippen MR) is 89.0 cm³/mol. The molecule has 1 spiro atoms. The molecule has 0 radical (unpaired) electrons. The van der Waals surface area contributed by atoms with Crippen molar-refractivity contribution in [3.05, 3.63) is 12.2 Å². The van der Waals surface area contributed by atoms with E-state index in [-0.39, 0.29) is 29.3 Å². The number of hydrogen-bond acceptors (Lipinski definition) is 4. The Kier molecular flexibility index (Phi) is 3.01. The first-order valence-electron chi connectivity index (χ1n) is 9.23. The first-order chi connectivity index (χ1) is 11.0. The van der Waals surface area contributed by atoms with Crippen molar-refractivity contribution in [2.75, 3.05) is 0 Å². The highest BCUT2D eigenvalue weighted by atomic mass is 16.4. The maximum absolute atomic E-state index is 13.5. The molecule has 24 heavy (non-hydrogen) atoms. The third kappa shape index (κ3) is 1.35. The molecule has 2 bridgehead atoms. The fraction of sp³-hybridized carbons (Fsp3) is 0.800. The highest BCUT2D eigenvalue weighted by molar-refractivity contribution is 6.12. The molecule has 5 rings (SSSR count). The molecule has 132 valence electrons. The van der Waals surface area contributed by atoms with Crippen LogP contribution in [0.3, 0.4) is 0 Å². The smallest absolute Gasteiger partial charge is 0.174 e. The van der Waals surface area contributed by atoms with E-state index in [0.29, 0.717) is 11.5 Å². The lowest BCUT2D eigenvalue weighted by Gasteiger charge is -2.68. The SMILES string of the molecule is C=C(C)[C@H]1[C@@H]2C[C@H](C)[C@H]3CC[C@H](C)[C@H]4C(=O)[C@]1(O)[C@@](C)(O)C(=O)[C@]342. The number of fused-ring (bicyclic) bond motifs is 1. The minimum Gasteiger partial charge on any atom is -0.379 e. The summed E-state index contributed by atoms with van der Waals surface area (Å²) >= 11 is 0. The molecule has 0 aliphatic heterocycles. The quantitative estimate of drug-likeness (QED) is 0.722. The summed E-state index contributed by atoms with van der Waals surface area (Å²) in [7, 11) is 0. The van der Waals surface area contributed by atoms with Gasteiger partial charge in [0.05, 0.1) is 0 Å². The molecule has 0 aromatic carbocycles. The van der Waals surface area contributed by atoms with Gasteiger partial charge in [0.1, 0.15) is 0 Å². The Balaban J connectivity index is 2.07. The van der Waals surface area contributed by atoms with Crippen LogP contribution in [0, 0.1) is 40.9 Å². The van der Waals surface area contributed by atoms with Gasteiger partial charge in [-0.15, -0.1) is 0 Å². The van der Waals surface area contributed by atoms with Crippen molar-refractivity contribution >= 4 is 11.6 Å². The second-order valence-corrected chi connectivity index (χ2v) is 9.25. The number of Topliss-reactive ketones (excluding diaryl/α,β-unsaturated/α-hetero) is 2. The molecule has 5 saturated carbocycles. The van der Waals surface area contributed by atoms with Crippen LogP contribution in [-0.2, 0) is 9.59 Å². The van der Waals surface area contributed by atoms with Crippen molar-refractivity contribution in [3.63, 3.8) is 0 Å². The van der Waals surface area contributed by atoms with Gasteiger partial charge in [0.2, 0.25) is 0 Å². The second kappa shape index (κ2) is 4.39. The number of carbonyl (C=O) groups is 2. The molecule has 0 amide bonds. The molecular formula is C20H28O4. The summed E-state index contributed by atoms with van der Waals surface area (Å²) in [5.41, 5.74) is -4.17. The summed E-state index contributed by atoms with van der Waals surface area (Å²) in [6.45, 7) is 11.4. The Labute approximate surface area is 143 Å². The van der Waals surface area contributed by atoms with Gasteiger partial charge in [0.25, 0.3) is 0 Å². The van der Waals surface area contributed by atoms with Gasteiger partial charge in [-0.25, -0.2) is 0 Å². The van der Waals surface area contributed by atoms with Crippen LogP contribution in [0.15, 0.2) is 12.2 Å². The van der Waals surface area contributed by atoms with E-state index in [4.69, 9.17) is 0 Å². The highest BCUT2D eigenvalue weighted by Crippen LogP contribution is 2.74. The lowest BCUT2D eigenvalue weighted by molar-refractivity contribution is -0.255. The molecule has 0 aromatic rings. The van der Waals surface area contributed by atoms with Crippen molar-refractivity contribution in [2.45, 2.75) is 58.2 Å². The van der Waals surface area contributed by atoms with Crippen molar-refractivity contribution in [1.29, 1.82) is 0 Å². The maximum Gasteiger partial charge on any atom is 0.174 e. The highest BCUT2D eigenvalue weighted by Gasteiger charge is 2.84. The van der Waals surface area contributed by atoms with Gasteiger partial charge >= 0.3 is 0 Å². The van der Waals surface area contributed by atoms with E-state index in [1.807, 2.05) is 13.8 Å². The zero-order valence-electron chi connectivity index (χ0n) is 15.0. The Morgan fingerprint density at radius 2 is 1.75 bits per heavy atom. The molecule has 5 aliphatic rings. The minimum absolute atomic E-state index is 0.0687. The van der Waals surface area contributed by atoms with E-state index in [2.05, 4.69) is 13.5 Å². The zero-order valence-corrected chi connectivity index (χ0v) is 15.0. The Hall–Kier alpha value is -1.00. The average molecular weight is 332 g/mol. The molecule has 0 aromatic heterocycles. The van der Waals surface area contributed by atoms with E-state index < -0.39 is 28.5 Å². The summed E-state index contributed by atoms with van der Waals surface area (Å²) < 4.78 is 0. The predicted octanol–water partition coefficient (Wildman–Crippen LogP) is 2.13. The van der Waals surface area contributed by atoms with Gasteiger partial charge in [0, 0.05) is 17.3 Å². The molecule has 4 nitrogen and oxygen atoms in total. The van der Waals surface area contributed by atoms with Crippen LogP contribution in [0.1, 0.15) is 47.0 Å². The Morgan fingerprint density at radius 3 is 2.33 bits per heavy atom. The van der Waals surface area contributed by atoms with Crippen LogP contribution < -0.4 is 0 Å². The van der Waals surface area contributed by atoms with Gasteiger partial charge in [-0.05, 0) is 56.8 Å². The molecule has 4 heteroatoms. The molecule has 0 unspecified atom stereocenters. The van der Waals surface area contributed by atoms with Crippen molar-refractivity contribution < 1.29 is 19.8 Å². The minimum atomic E-state index is -2.03. The van der Waals surface area contributed by atoms with Crippen LogP contribution in [0.25, 0.3) is 0 Å². The Morgan fingerprint density at radius 1 is 1.12 bits per heavy atom. The fourth-order valence-electron chi connectivity index (χ4n) is 7.45. The van der Waals surface area contributed by atoms with Crippen LogP contribution in [0.2, 0.25) is 0 Å². The average Bonchev–Trinajstić information content (AvgIpc) is 2.77. The van der Waals surface area contributed by atoms with Crippen molar-refractivity contribution in [2.24, 2.45) is 40.9 Å². The molecular weight excluding hydrogens is 304 g/mol. The number of hydrogen-bond donors (Lipinski definition) is 2. The van der Waals surface area contributed by atoms with Crippen molar-refractivity contribution in [3.8, 4) is 0 Å². The zero-order chi connectivity index (χ0) is 17.8. The van der Waals surface area contributed by atoms with E-state index in [0.717, 1.165) is 19.3 Å². The fourth-order valence-corrected chi connectivity index (χ4v) is 7.45. The molecule has 9 atom stereocenters. The summed E-state index contributed by atoms with van der Waals surface area (Å²) in [4.78, 5) is 27.0. The number of aliphatic hydroxyl groups is 2. The molecule has 5 fully saturated rings. The standard InChI is InChI=1S/C20H28O4/c1-9(2)14-13-8-11(4)12-7-6-10(3)15-16(21)20(14,24)18(5,23)17(22)19(12,13)15/h10-15,23-24H,1,6-8H2,2-5H3/t10-,11-,12+,13-,14-,15-,18-,19-,20-/m0/s1. The van der Waals surface area contributed by atoms with E-state index >= 15 is 0 Å². The lowest BCUT2D eigenvalue weighted by Crippen LogP contribution is -2.84. The first-order valence-corrected chi connectivity index (χ1v) is 9.23. The molecule has 0 saturated heterocycles. The number of ketones is 2. The maximum atomic E-state index is 13.5. The van der Waals surface area contributed by atoms with Gasteiger partial charge < -0.3 is 10.2 Å². The normalized spacial score (nSPS) is 58.8. The van der Waals surface area contributed by atoms with E-state index in [1.54, 1.807) is 0 Å². The Bertz CT molecular complexity index is 665. The monoisotopic (exact) mass is 332 g/mol. The summed E-state index contributed by atoms with van der Waals surface area (Å²) in [6, 6.07) is 0. The summed E-state index contributed by atoms with van der Waals surface area (Å²) in [5, 5.41) is 22.6. The van der Waals surface area contributed by atoms with Crippen LogP contribution in [0.5, 0.6) is 0 Å². The summed E-state index contributed by atoms with van der Waals surface area (Å²) in [5.74, 6) is -1.17. The van der Waals surface area contributed by atoms with Gasteiger partial charge in [-0.3, -0.25) is 9.59 Å². The summed E-state index contributed by atoms with van der Waals surface area (Å²) in [6.07, 6.45) is 2.65. The third-order valence-corrected chi connectivity index (χ3v) is 8.18. The van der Waals surface area contributed by atoms with Crippen molar-refractivity contribution in [1.82, 2.24) is 0 Å². The van der Waals surface area contributed by atoms with Gasteiger partial charge in [-0.1, -0.05) is 26.0 Å². The van der Waals surface area contributed by atoms with Crippen LogP contribution in [-0.4, -0.2) is 33.0 Å². The second-order valence-electron chi connectivity index (χ2n) is 9.25. The molecule has 5 aliphatic carbocycles. The topological polar surface area (TPSA) is 74.6 Å². The van der Waals surface area contributed by atoms with E-state index in [1.165, 1.54) is 6.92 Å². The molecule has 0 heterocycles. The lowest BCUT2D eigenvalue weighted by atomic mass is 9.35. The van der Waals surface area contributed by atoms with Crippen LogP contribution >= 0.6 is 0 Å². The number of rotatable bonds is 1. The number of carbonyl (C=O) groups excluding carboxylic acids is 2. The van der Waals surface area contributed by atoms with Gasteiger partial charge in [-0.2, -0.15) is 0 Å². The first kappa shape index (κ1) is 16.5. The largest absolute Gasteiger partial charge is 0.379 e. The van der Waals surface area contributed by atoms with Crippen LogP contribution in [0.4, 0.5) is 0 Å². The molecule has 2 N–H and O–H groups in total.